The zero-order valence-corrected chi connectivity index (χ0v) is 18.4. The van der Waals surface area contributed by atoms with Crippen molar-refractivity contribution in [1.29, 1.82) is 0 Å². The minimum atomic E-state index is -5.17. The zero-order valence-electron chi connectivity index (χ0n) is 16.8. The Morgan fingerprint density at radius 2 is 1.78 bits per heavy atom. The second kappa shape index (κ2) is 11.9. The van der Waals surface area contributed by atoms with Gasteiger partial charge in [-0.3, -0.25) is 0 Å². The Morgan fingerprint density at radius 1 is 1.12 bits per heavy atom. The number of aliphatic hydroxyl groups excluding tert-OH is 4. The molecular formula is C18H25NO11S2. The zero-order chi connectivity index (χ0) is 23.9. The number of aliphatic hydroxyl groups is 4. The molecule has 0 saturated carbocycles. The average molecular weight is 496 g/mol. The maximum atomic E-state index is 12.0. The van der Waals surface area contributed by atoms with Gasteiger partial charge in [0, 0.05) is 6.42 Å². The van der Waals surface area contributed by atoms with Gasteiger partial charge in [-0.15, -0.1) is 8.42 Å². The van der Waals surface area contributed by atoms with Crippen LogP contribution >= 0.6 is 11.8 Å². The summed E-state index contributed by atoms with van der Waals surface area (Å²) in [5.74, 6) is -0.547. The first-order valence-electron chi connectivity index (χ1n) is 9.56. The quantitative estimate of drug-likeness (QED) is 0.0421. The van der Waals surface area contributed by atoms with Crippen LogP contribution in [-0.4, -0.2) is 91.6 Å². The van der Waals surface area contributed by atoms with E-state index in [1.165, 1.54) is 0 Å². The summed E-state index contributed by atoms with van der Waals surface area (Å²) in [5.41, 5.74) is -1.05. The summed E-state index contributed by atoms with van der Waals surface area (Å²) in [6, 6.07) is 8.24. The normalized spacial score (nSPS) is 27.0. The van der Waals surface area contributed by atoms with Gasteiger partial charge in [-0.1, -0.05) is 22.3 Å². The van der Waals surface area contributed by atoms with Crippen molar-refractivity contribution in [2.45, 2.75) is 49.1 Å². The minimum Gasteiger partial charge on any atom is -0.605 e. The largest absolute Gasteiger partial charge is 0.605 e. The maximum absolute atomic E-state index is 12.0. The Balaban J connectivity index is 1.99. The second-order valence-corrected chi connectivity index (χ2v) is 9.27. The number of rotatable bonds is 9. The van der Waals surface area contributed by atoms with E-state index in [4.69, 9.17) is 14.0 Å². The molecule has 1 aromatic rings. The standard InChI is InChI=1S/C18H25NO11S2/c20-10-12-14(21)15(22)16(23)18(30-12)31-13(19(25)32(26,27)28)8-4-5-9-29-17(24)11-6-2-1-3-7-11/h1-3,6-7,12,14-16,18,20-23H,4-5,8-10H2,(H,26,27,28)/t12-,14-,15-,16-,18-/m1/s1. The van der Waals surface area contributed by atoms with Crippen molar-refractivity contribution in [1.82, 2.24) is 0 Å². The van der Waals surface area contributed by atoms with Crippen molar-refractivity contribution in [2.24, 2.45) is 0 Å². The number of hydrogen-bond acceptors (Lipinski definition) is 11. The fourth-order valence-corrected chi connectivity index (χ4v) is 4.70. The van der Waals surface area contributed by atoms with E-state index in [1.807, 2.05) is 0 Å². The predicted octanol–water partition coefficient (Wildman–Crippen LogP) is -0.742. The molecule has 0 radical (unpaired) electrons. The van der Waals surface area contributed by atoms with Crippen molar-refractivity contribution in [3.05, 3.63) is 41.1 Å². The highest BCUT2D eigenvalue weighted by molar-refractivity contribution is 8.14. The molecule has 0 bridgehead atoms. The summed E-state index contributed by atoms with van der Waals surface area (Å²) in [6.07, 6.45) is -6.11. The molecule has 1 aliphatic rings. The van der Waals surface area contributed by atoms with Crippen molar-refractivity contribution < 1.29 is 51.8 Å². The van der Waals surface area contributed by atoms with Crippen LogP contribution in [0.1, 0.15) is 29.6 Å². The number of esters is 1. The molecule has 0 spiro atoms. The Hall–Kier alpha value is -1.78. The van der Waals surface area contributed by atoms with Gasteiger partial charge in [0.15, 0.2) is 0 Å². The van der Waals surface area contributed by atoms with E-state index in [1.54, 1.807) is 30.3 Å². The summed E-state index contributed by atoms with van der Waals surface area (Å²) in [6.45, 7) is -0.722. The Bertz CT molecular complexity index is 891. The van der Waals surface area contributed by atoms with E-state index in [-0.39, 0.29) is 25.9 Å². The van der Waals surface area contributed by atoms with Gasteiger partial charge >= 0.3 is 16.3 Å². The molecule has 5 atom stereocenters. The fraction of sp³-hybridized carbons (Fsp3) is 0.556. The Kier molecular flexibility index (Phi) is 9.84. The van der Waals surface area contributed by atoms with Gasteiger partial charge in [-0.2, -0.15) is 0 Å². The van der Waals surface area contributed by atoms with E-state index in [2.05, 4.69) is 0 Å². The van der Waals surface area contributed by atoms with Crippen molar-refractivity contribution >= 4 is 33.1 Å². The summed E-state index contributed by atoms with van der Waals surface area (Å²) in [7, 11) is -5.17. The van der Waals surface area contributed by atoms with Crippen LogP contribution in [0.3, 0.4) is 0 Å². The van der Waals surface area contributed by atoms with Crippen molar-refractivity contribution in [3.8, 4) is 0 Å². The lowest BCUT2D eigenvalue weighted by Gasteiger charge is -2.39. The molecule has 0 amide bonds. The molecule has 14 heteroatoms. The molecule has 0 aliphatic carbocycles. The minimum absolute atomic E-state index is 0.0174. The number of benzene rings is 1. The molecule has 2 rings (SSSR count). The van der Waals surface area contributed by atoms with Crippen LogP contribution in [0, 0.1) is 5.21 Å². The van der Waals surface area contributed by atoms with Crippen molar-refractivity contribution in [3.63, 3.8) is 0 Å². The van der Waals surface area contributed by atoms with Crippen LogP contribution in [0.25, 0.3) is 0 Å². The van der Waals surface area contributed by atoms with E-state index in [0.29, 0.717) is 17.3 Å². The third-order valence-corrected chi connectivity index (χ3v) is 6.56. The van der Waals surface area contributed by atoms with Crippen molar-refractivity contribution in [2.75, 3.05) is 13.2 Å². The van der Waals surface area contributed by atoms with Crippen LogP contribution in [-0.2, 0) is 19.8 Å². The smallest absolute Gasteiger partial charge is 0.518 e. The van der Waals surface area contributed by atoms with Gasteiger partial charge in [0.05, 0.1) is 18.8 Å². The molecule has 5 N–H and O–H groups in total. The van der Waals surface area contributed by atoms with Gasteiger partial charge in [0.25, 0.3) is 0 Å². The third-order valence-electron chi connectivity index (χ3n) is 4.54. The molecule has 1 aliphatic heterocycles. The first-order chi connectivity index (χ1) is 15.1. The van der Waals surface area contributed by atoms with Crippen LogP contribution in [0.2, 0.25) is 0 Å². The highest BCUT2D eigenvalue weighted by atomic mass is 32.2. The molecule has 1 fully saturated rings. The lowest BCUT2D eigenvalue weighted by molar-refractivity contribution is -0.290. The van der Waals surface area contributed by atoms with Gasteiger partial charge in [-0.05, 0) is 36.7 Å². The van der Waals surface area contributed by atoms with Crippen LogP contribution < -0.4 is 0 Å². The number of carbonyl (C=O) groups excluding carboxylic acids is 1. The van der Waals surface area contributed by atoms with Gasteiger partial charge in [-0.25, -0.2) is 9.35 Å². The van der Waals surface area contributed by atoms with Crippen LogP contribution in [0.15, 0.2) is 30.3 Å². The molecule has 0 aromatic heterocycles. The summed E-state index contributed by atoms with van der Waals surface area (Å²) in [4.78, 5) is 11.9. The molecule has 1 heterocycles. The molecule has 1 aromatic carbocycles. The average Bonchev–Trinajstić information content (AvgIpc) is 2.77. The molecule has 0 unspecified atom stereocenters. The lowest BCUT2D eigenvalue weighted by atomic mass is 10.0. The topological polar surface area (TPSA) is 197 Å². The predicted molar refractivity (Wildman–Crippen MR) is 112 cm³/mol. The highest BCUT2D eigenvalue weighted by Crippen LogP contribution is 2.30. The number of ether oxygens (including phenoxy) is 2. The number of carbonyl (C=O) groups is 1. The third kappa shape index (κ3) is 7.11. The maximum Gasteiger partial charge on any atom is 0.518 e. The van der Waals surface area contributed by atoms with Gasteiger partial charge in [0.1, 0.15) is 29.9 Å². The van der Waals surface area contributed by atoms with Gasteiger partial charge < -0.3 is 35.1 Å². The number of hydrogen-bond donors (Lipinski definition) is 5. The molecule has 1 saturated heterocycles. The summed E-state index contributed by atoms with van der Waals surface area (Å²) < 4.78 is 41.4. The fourth-order valence-electron chi connectivity index (χ4n) is 2.82. The molecule has 12 nitrogen and oxygen atoms in total. The van der Waals surface area contributed by atoms with Crippen LogP contribution in [0.4, 0.5) is 0 Å². The Morgan fingerprint density at radius 3 is 2.38 bits per heavy atom. The molecule has 32 heavy (non-hydrogen) atoms. The summed E-state index contributed by atoms with van der Waals surface area (Å²) in [5, 5.41) is 50.6. The Labute approximate surface area is 188 Å². The monoisotopic (exact) mass is 495 g/mol. The SMILES string of the molecule is O=C(OCCCCC(S[C@H]1O[C@H](CO)[C@@H](O)[C@@H](O)[C@H]1O)=[N+]([O-])S(=O)(=O)O)c1ccccc1. The van der Waals surface area contributed by atoms with E-state index in [0.717, 1.165) is 0 Å². The summed E-state index contributed by atoms with van der Waals surface area (Å²) >= 11 is 0.424. The molecule has 180 valence electrons. The second-order valence-electron chi connectivity index (χ2n) is 6.87. The van der Waals surface area contributed by atoms with E-state index in [9.17, 15) is 38.8 Å². The van der Waals surface area contributed by atoms with Gasteiger partial charge in [0.2, 0.25) is 5.04 Å². The van der Waals surface area contributed by atoms with Crippen LogP contribution in [0.5, 0.6) is 0 Å². The molecular weight excluding hydrogens is 470 g/mol. The highest BCUT2D eigenvalue weighted by Gasteiger charge is 2.45. The first kappa shape index (κ1) is 26.5. The number of unbranched alkanes of at least 4 members (excludes halogenated alkanes) is 1. The first-order valence-corrected chi connectivity index (χ1v) is 11.8. The lowest BCUT2D eigenvalue weighted by Crippen LogP contribution is -2.57. The van der Waals surface area contributed by atoms with E-state index >= 15 is 0 Å². The number of thioether (sulfide) groups is 1. The number of nitrogens with zero attached hydrogens (tertiary/aromatic N) is 1. The van der Waals surface area contributed by atoms with E-state index < -0.39 is 61.9 Å².